The lowest BCUT2D eigenvalue weighted by Crippen LogP contribution is -2.40. The monoisotopic (exact) mass is 385 g/mol. The van der Waals surface area contributed by atoms with Gasteiger partial charge in [0, 0.05) is 19.5 Å². The Kier molecular flexibility index (Phi) is 5.08. The van der Waals surface area contributed by atoms with Crippen molar-refractivity contribution in [1.82, 2.24) is 4.90 Å². The van der Waals surface area contributed by atoms with E-state index in [0.29, 0.717) is 13.0 Å². The molecule has 5 unspecified atom stereocenters. The molecule has 7 heteroatoms. The van der Waals surface area contributed by atoms with Gasteiger partial charge in [-0.15, -0.1) is 0 Å². The SMILES string of the molecule is CC1(C)OCC(C2OC(CC(=S)N3CCCCC3)C3OC(C)(C)OC23)O1. The smallest absolute Gasteiger partial charge is 0.164 e. The van der Waals surface area contributed by atoms with E-state index in [1.807, 2.05) is 27.7 Å². The fraction of sp³-hybridized carbons (Fsp3) is 0.947. The number of nitrogens with zero attached hydrogens (tertiary/aromatic N) is 1. The number of thiocarbonyl (C=S) groups is 1. The normalized spacial score (nSPS) is 41.4. The van der Waals surface area contributed by atoms with Gasteiger partial charge in [0.25, 0.3) is 0 Å². The Hall–Kier alpha value is -0.310. The van der Waals surface area contributed by atoms with Crippen LogP contribution in [0.3, 0.4) is 0 Å². The van der Waals surface area contributed by atoms with Gasteiger partial charge in [-0.1, -0.05) is 12.2 Å². The van der Waals surface area contributed by atoms with E-state index in [0.717, 1.165) is 18.1 Å². The third-order valence-electron chi connectivity index (χ3n) is 5.67. The average Bonchev–Trinajstić information content (AvgIpc) is 3.19. The van der Waals surface area contributed by atoms with Crippen molar-refractivity contribution in [3.8, 4) is 0 Å². The molecule has 0 saturated carbocycles. The second kappa shape index (κ2) is 6.94. The first-order valence-electron chi connectivity index (χ1n) is 9.85. The van der Waals surface area contributed by atoms with Crippen molar-refractivity contribution in [3.05, 3.63) is 0 Å². The molecule has 4 aliphatic heterocycles. The highest BCUT2D eigenvalue weighted by atomic mass is 32.1. The minimum Gasteiger partial charge on any atom is -0.366 e. The van der Waals surface area contributed by atoms with Gasteiger partial charge < -0.3 is 28.6 Å². The van der Waals surface area contributed by atoms with Crippen molar-refractivity contribution in [2.75, 3.05) is 19.7 Å². The predicted molar refractivity (Wildman–Crippen MR) is 100 cm³/mol. The molecule has 0 aliphatic carbocycles. The van der Waals surface area contributed by atoms with E-state index in [1.165, 1.54) is 19.3 Å². The Morgan fingerprint density at radius 3 is 2.27 bits per heavy atom. The molecular formula is C19H31NO5S. The third kappa shape index (κ3) is 3.80. The predicted octanol–water partition coefficient (Wildman–Crippen LogP) is 2.63. The van der Waals surface area contributed by atoms with E-state index in [9.17, 15) is 0 Å². The number of likely N-dealkylation sites (tertiary alicyclic amines) is 1. The van der Waals surface area contributed by atoms with Gasteiger partial charge in [0.2, 0.25) is 0 Å². The van der Waals surface area contributed by atoms with E-state index < -0.39 is 11.6 Å². The summed E-state index contributed by atoms with van der Waals surface area (Å²) < 4.78 is 30.6. The number of ether oxygens (including phenoxy) is 5. The summed E-state index contributed by atoms with van der Waals surface area (Å²) in [5, 5.41) is 0. The fourth-order valence-corrected chi connectivity index (χ4v) is 4.85. The van der Waals surface area contributed by atoms with Crippen molar-refractivity contribution >= 4 is 17.2 Å². The molecule has 0 N–H and O–H groups in total. The van der Waals surface area contributed by atoms with Crippen LogP contribution >= 0.6 is 12.2 Å². The van der Waals surface area contributed by atoms with Crippen molar-refractivity contribution in [2.24, 2.45) is 0 Å². The van der Waals surface area contributed by atoms with E-state index in [1.54, 1.807) is 0 Å². The highest BCUT2D eigenvalue weighted by Crippen LogP contribution is 2.43. The van der Waals surface area contributed by atoms with Gasteiger partial charge in [0.05, 0.1) is 17.7 Å². The maximum Gasteiger partial charge on any atom is 0.164 e. The van der Waals surface area contributed by atoms with Crippen LogP contribution in [-0.4, -0.2) is 71.7 Å². The van der Waals surface area contributed by atoms with Crippen LogP contribution in [-0.2, 0) is 23.7 Å². The van der Waals surface area contributed by atoms with Gasteiger partial charge in [-0.05, 0) is 47.0 Å². The number of piperidine rings is 1. The molecule has 0 aromatic rings. The fourth-order valence-electron chi connectivity index (χ4n) is 4.50. The first-order chi connectivity index (χ1) is 12.2. The van der Waals surface area contributed by atoms with Crippen LogP contribution in [0.5, 0.6) is 0 Å². The Bertz CT molecular complexity index is 548. The molecule has 0 amide bonds. The zero-order valence-electron chi connectivity index (χ0n) is 16.2. The maximum absolute atomic E-state index is 6.39. The zero-order valence-corrected chi connectivity index (χ0v) is 17.0. The van der Waals surface area contributed by atoms with Gasteiger partial charge in [0.15, 0.2) is 11.6 Å². The molecule has 4 fully saturated rings. The Morgan fingerprint density at radius 1 is 0.923 bits per heavy atom. The summed E-state index contributed by atoms with van der Waals surface area (Å²) >= 11 is 5.73. The summed E-state index contributed by atoms with van der Waals surface area (Å²) in [7, 11) is 0. The Labute approximate surface area is 161 Å². The molecule has 148 valence electrons. The standard InChI is InChI=1S/C19H31NO5S/c1-18(2)21-11-13(23-18)15-17-16(24-19(3,4)25-17)12(22-15)10-14(26)20-8-6-5-7-9-20/h12-13,15-17H,5-11H2,1-4H3. The minimum absolute atomic E-state index is 0.103. The second-order valence-corrected chi connectivity index (χ2v) is 9.19. The van der Waals surface area contributed by atoms with Gasteiger partial charge in [-0.25, -0.2) is 0 Å². The lowest BCUT2D eigenvalue weighted by atomic mass is 10.0. The molecule has 4 rings (SSSR count). The van der Waals surface area contributed by atoms with E-state index >= 15 is 0 Å². The first kappa shape index (κ1) is 19.0. The van der Waals surface area contributed by atoms with Gasteiger partial charge >= 0.3 is 0 Å². The molecule has 5 atom stereocenters. The van der Waals surface area contributed by atoms with Gasteiger partial charge in [-0.2, -0.15) is 0 Å². The molecule has 6 nitrogen and oxygen atoms in total. The third-order valence-corrected chi connectivity index (χ3v) is 6.09. The summed E-state index contributed by atoms with van der Waals surface area (Å²) in [6.45, 7) is 10.4. The average molecular weight is 386 g/mol. The van der Waals surface area contributed by atoms with Crippen LogP contribution < -0.4 is 0 Å². The lowest BCUT2D eigenvalue weighted by molar-refractivity contribution is -0.205. The van der Waals surface area contributed by atoms with Gasteiger partial charge in [-0.3, -0.25) is 0 Å². The topological polar surface area (TPSA) is 49.4 Å². The van der Waals surface area contributed by atoms with Crippen LogP contribution in [0.25, 0.3) is 0 Å². The summed E-state index contributed by atoms with van der Waals surface area (Å²) in [5.74, 6) is -1.20. The molecule has 4 saturated heterocycles. The highest BCUT2D eigenvalue weighted by Gasteiger charge is 2.58. The highest BCUT2D eigenvalue weighted by molar-refractivity contribution is 7.80. The molecule has 4 aliphatic rings. The van der Waals surface area contributed by atoms with Crippen molar-refractivity contribution in [1.29, 1.82) is 0 Å². The van der Waals surface area contributed by atoms with Gasteiger partial charge in [0.1, 0.15) is 24.4 Å². The van der Waals surface area contributed by atoms with Crippen LogP contribution in [0.15, 0.2) is 0 Å². The molecule has 26 heavy (non-hydrogen) atoms. The summed E-state index contributed by atoms with van der Waals surface area (Å²) in [6.07, 6.45) is 3.71. The van der Waals surface area contributed by atoms with Crippen LogP contribution in [0.4, 0.5) is 0 Å². The van der Waals surface area contributed by atoms with Crippen molar-refractivity contribution in [2.45, 2.75) is 95.5 Å². The molecular weight excluding hydrogens is 354 g/mol. The zero-order chi connectivity index (χ0) is 18.5. The van der Waals surface area contributed by atoms with Crippen LogP contribution in [0.1, 0.15) is 53.4 Å². The Morgan fingerprint density at radius 2 is 1.62 bits per heavy atom. The second-order valence-electron chi connectivity index (χ2n) is 8.72. The summed E-state index contributed by atoms with van der Waals surface area (Å²) in [6, 6.07) is 0. The molecule has 0 aromatic heterocycles. The molecule has 4 heterocycles. The number of rotatable bonds is 3. The van der Waals surface area contributed by atoms with E-state index in [2.05, 4.69) is 4.90 Å². The number of fused-ring (bicyclic) bond motifs is 1. The lowest BCUT2D eigenvalue weighted by Gasteiger charge is -2.31. The van der Waals surface area contributed by atoms with Crippen molar-refractivity contribution in [3.63, 3.8) is 0 Å². The maximum atomic E-state index is 6.39. The van der Waals surface area contributed by atoms with Crippen molar-refractivity contribution < 1.29 is 23.7 Å². The molecule has 0 spiro atoms. The van der Waals surface area contributed by atoms with E-state index in [4.69, 9.17) is 35.9 Å². The summed E-state index contributed by atoms with van der Waals surface area (Å²) in [4.78, 5) is 3.30. The van der Waals surface area contributed by atoms with Crippen LogP contribution in [0, 0.1) is 0 Å². The molecule has 0 radical (unpaired) electrons. The minimum atomic E-state index is -0.614. The van der Waals surface area contributed by atoms with E-state index in [-0.39, 0.29) is 30.5 Å². The molecule has 0 bridgehead atoms. The summed E-state index contributed by atoms with van der Waals surface area (Å²) in [5.41, 5.74) is 0. The first-order valence-corrected chi connectivity index (χ1v) is 10.3. The Balaban J connectivity index is 1.46. The quantitative estimate of drug-likeness (QED) is 0.692. The van der Waals surface area contributed by atoms with Crippen LogP contribution in [0.2, 0.25) is 0 Å². The number of hydrogen-bond donors (Lipinski definition) is 0. The number of hydrogen-bond acceptors (Lipinski definition) is 6. The largest absolute Gasteiger partial charge is 0.366 e. The molecule has 0 aromatic carbocycles.